The van der Waals surface area contributed by atoms with E-state index < -0.39 is 18.1 Å². The molecule has 0 aliphatic rings. The number of terminal acetylenes is 1. The van der Waals surface area contributed by atoms with Gasteiger partial charge in [0.05, 0.1) is 0 Å². The lowest BCUT2D eigenvalue weighted by Gasteiger charge is -2.15. The minimum absolute atomic E-state index is 0.120. The van der Waals surface area contributed by atoms with Gasteiger partial charge in [-0.05, 0) is 19.3 Å². The summed E-state index contributed by atoms with van der Waals surface area (Å²) in [6, 6.07) is -1.61. The van der Waals surface area contributed by atoms with Crippen LogP contribution in [0.5, 0.6) is 0 Å². The lowest BCUT2D eigenvalue weighted by molar-refractivity contribution is -0.138. The van der Waals surface area contributed by atoms with Crippen molar-refractivity contribution in [3.05, 3.63) is 0 Å². The molecule has 0 aromatic heterocycles. The molecule has 0 rings (SSSR count). The van der Waals surface area contributed by atoms with Crippen molar-refractivity contribution in [2.75, 3.05) is 6.54 Å². The highest BCUT2D eigenvalue weighted by molar-refractivity contribution is 5.87. The quantitative estimate of drug-likeness (QED) is 0.326. The Hall–Kier alpha value is -2.07. The van der Waals surface area contributed by atoms with E-state index in [0.717, 1.165) is 0 Å². The number of carbonyl (C=O) groups excluding carboxylic acids is 2. The van der Waals surface area contributed by atoms with Crippen LogP contribution in [0.1, 0.15) is 32.6 Å². The van der Waals surface area contributed by atoms with Crippen LogP contribution in [0.3, 0.4) is 0 Å². The van der Waals surface area contributed by atoms with Gasteiger partial charge in [-0.1, -0.05) is 0 Å². The first kappa shape index (κ1) is 17.9. The molecule has 0 bridgehead atoms. The first-order valence-electron chi connectivity index (χ1n) is 6.35. The average Bonchev–Trinajstić information content (AvgIpc) is 2.36. The maximum atomic E-state index is 11.7. The van der Waals surface area contributed by atoms with Crippen molar-refractivity contribution in [3.63, 3.8) is 0 Å². The van der Waals surface area contributed by atoms with Crippen LogP contribution < -0.4 is 16.4 Å². The van der Waals surface area contributed by atoms with Gasteiger partial charge in [-0.3, -0.25) is 14.4 Å². The van der Waals surface area contributed by atoms with Crippen LogP contribution in [-0.4, -0.2) is 41.5 Å². The van der Waals surface area contributed by atoms with E-state index in [1.807, 2.05) is 0 Å². The molecule has 2 amide bonds. The van der Waals surface area contributed by atoms with Gasteiger partial charge in [0.15, 0.2) is 0 Å². The number of carbonyl (C=O) groups is 3. The Morgan fingerprint density at radius 1 is 1.35 bits per heavy atom. The fourth-order valence-corrected chi connectivity index (χ4v) is 1.52. The number of carboxylic acid groups (broad SMARTS) is 1. The van der Waals surface area contributed by atoms with E-state index in [4.69, 9.17) is 17.3 Å². The second-order valence-corrected chi connectivity index (χ2v) is 4.39. The molecule has 20 heavy (non-hydrogen) atoms. The zero-order chi connectivity index (χ0) is 15.5. The molecular weight excluding hydrogens is 262 g/mol. The molecule has 0 aliphatic carbocycles. The van der Waals surface area contributed by atoms with Crippen LogP contribution in [0, 0.1) is 12.3 Å². The van der Waals surface area contributed by atoms with Gasteiger partial charge >= 0.3 is 5.97 Å². The van der Waals surface area contributed by atoms with Crippen molar-refractivity contribution in [2.24, 2.45) is 5.73 Å². The summed E-state index contributed by atoms with van der Waals surface area (Å²) in [7, 11) is 0. The molecule has 2 atom stereocenters. The largest absolute Gasteiger partial charge is 0.480 e. The standard InChI is InChI=1S/C13H21N3O4/c1-3-6-11(16-9(2)17)12(18)15-8-5-4-7-10(14)13(19)20/h1,10-11H,4-8,14H2,2H3,(H,15,18)(H,16,17)(H,19,20). The summed E-state index contributed by atoms with van der Waals surface area (Å²) < 4.78 is 0. The number of hydrogen-bond acceptors (Lipinski definition) is 4. The smallest absolute Gasteiger partial charge is 0.320 e. The molecule has 0 heterocycles. The highest BCUT2D eigenvalue weighted by atomic mass is 16.4. The molecule has 0 aromatic carbocycles. The molecule has 5 N–H and O–H groups in total. The topological polar surface area (TPSA) is 122 Å². The number of nitrogens with one attached hydrogen (secondary N) is 2. The lowest BCUT2D eigenvalue weighted by atomic mass is 10.1. The van der Waals surface area contributed by atoms with Crippen LogP contribution in [0.4, 0.5) is 0 Å². The van der Waals surface area contributed by atoms with Crippen LogP contribution in [0.2, 0.25) is 0 Å². The Morgan fingerprint density at radius 2 is 2.00 bits per heavy atom. The lowest BCUT2D eigenvalue weighted by Crippen LogP contribution is -2.46. The van der Waals surface area contributed by atoms with Crippen LogP contribution in [-0.2, 0) is 14.4 Å². The minimum Gasteiger partial charge on any atom is -0.480 e. The number of rotatable bonds is 9. The number of hydrogen-bond donors (Lipinski definition) is 4. The molecule has 7 nitrogen and oxygen atoms in total. The molecular formula is C13H21N3O4. The number of amides is 2. The summed E-state index contributed by atoms with van der Waals surface area (Å²) in [5.74, 6) is 0.619. The second-order valence-electron chi connectivity index (χ2n) is 4.39. The van der Waals surface area contributed by atoms with Crippen molar-refractivity contribution in [2.45, 2.75) is 44.7 Å². The van der Waals surface area contributed by atoms with Gasteiger partial charge in [0.2, 0.25) is 11.8 Å². The fourth-order valence-electron chi connectivity index (χ4n) is 1.52. The van der Waals surface area contributed by atoms with Gasteiger partial charge in [0.1, 0.15) is 12.1 Å². The molecule has 0 spiro atoms. The summed E-state index contributed by atoms with van der Waals surface area (Å²) in [6.45, 7) is 1.69. The van der Waals surface area contributed by atoms with Crippen LogP contribution in [0.25, 0.3) is 0 Å². The summed E-state index contributed by atoms with van der Waals surface area (Å²) in [4.78, 5) is 33.1. The number of unbranched alkanes of at least 4 members (excludes halogenated alkanes) is 1. The minimum atomic E-state index is -1.03. The third-order valence-corrected chi connectivity index (χ3v) is 2.57. The van der Waals surface area contributed by atoms with E-state index in [0.29, 0.717) is 25.8 Å². The van der Waals surface area contributed by atoms with Crippen LogP contribution >= 0.6 is 0 Å². The van der Waals surface area contributed by atoms with Crippen molar-refractivity contribution in [1.29, 1.82) is 0 Å². The van der Waals surface area contributed by atoms with Crippen molar-refractivity contribution in [1.82, 2.24) is 10.6 Å². The fraction of sp³-hybridized carbons (Fsp3) is 0.615. The van der Waals surface area contributed by atoms with Gasteiger partial charge in [0, 0.05) is 19.9 Å². The van der Waals surface area contributed by atoms with E-state index in [9.17, 15) is 14.4 Å². The Morgan fingerprint density at radius 3 is 2.50 bits per heavy atom. The molecule has 0 saturated carbocycles. The maximum Gasteiger partial charge on any atom is 0.320 e. The summed E-state index contributed by atoms with van der Waals surface area (Å²) in [5.41, 5.74) is 5.34. The first-order valence-corrected chi connectivity index (χ1v) is 6.35. The predicted octanol–water partition coefficient (Wildman–Crippen LogP) is -0.787. The Kier molecular flexibility index (Phi) is 8.79. The van der Waals surface area contributed by atoms with Crippen LogP contribution in [0.15, 0.2) is 0 Å². The number of nitrogens with two attached hydrogens (primary N) is 1. The third-order valence-electron chi connectivity index (χ3n) is 2.57. The van der Waals surface area contributed by atoms with Crippen molar-refractivity contribution >= 4 is 17.8 Å². The molecule has 112 valence electrons. The summed E-state index contributed by atoms with van der Waals surface area (Å²) in [5, 5.41) is 13.7. The molecule has 0 aromatic rings. The molecule has 7 heteroatoms. The number of carboxylic acids is 1. The Labute approximate surface area is 118 Å². The highest BCUT2D eigenvalue weighted by Gasteiger charge is 2.17. The van der Waals surface area contributed by atoms with E-state index in [-0.39, 0.29) is 18.2 Å². The molecule has 0 saturated heterocycles. The first-order chi connectivity index (χ1) is 9.38. The molecule has 0 fully saturated rings. The van der Waals surface area contributed by atoms with Gasteiger partial charge in [-0.25, -0.2) is 0 Å². The average molecular weight is 283 g/mol. The van der Waals surface area contributed by atoms with E-state index >= 15 is 0 Å². The molecule has 2 unspecified atom stereocenters. The monoisotopic (exact) mass is 283 g/mol. The van der Waals surface area contributed by atoms with Crippen molar-refractivity contribution < 1.29 is 19.5 Å². The summed E-state index contributed by atoms with van der Waals surface area (Å²) >= 11 is 0. The predicted molar refractivity (Wildman–Crippen MR) is 73.5 cm³/mol. The molecule has 0 radical (unpaired) electrons. The van der Waals surface area contributed by atoms with Gasteiger partial charge in [-0.15, -0.1) is 12.3 Å². The molecule has 0 aliphatic heterocycles. The zero-order valence-corrected chi connectivity index (χ0v) is 11.5. The number of aliphatic carboxylic acids is 1. The van der Waals surface area contributed by atoms with Gasteiger partial charge in [0.25, 0.3) is 0 Å². The Bertz CT molecular complexity index is 390. The Balaban J connectivity index is 3.93. The summed E-state index contributed by atoms with van der Waals surface area (Å²) in [6.07, 6.45) is 6.80. The van der Waals surface area contributed by atoms with Crippen molar-refractivity contribution in [3.8, 4) is 12.3 Å². The van der Waals surface area contributed by atoms with E-state index in [1.165, 1.54) is 6.92 Å². The van der Waals surface area contributed by atoms with E-state index in [1.54, 1.807) is 0 Å². The second kappa shape index (κ2) is 9.81. The van der Waals surface area contributed by atoms with Gasteiger partial charge < -0.3 is 21.5 Å². The van der Waals surface area contributed by atoms with E-state index in [2.05, 4.69) is 16.6 Å². The maximum absolute atomic E-state index is 11.7. The zero-order valence-electron chi connectivity index (χ0n) is 11.5. The highest BCUT2D eigenvalue weighted by Crippen LogP contribution is 1.99. The third kappa shape index (κ3) is 8.11. The van der Waals surface area contributed by atoms with Gasteiger partial charge in [-0.2, -0.15) is 0 Å². The SMILES string of the molecule is C#CCC(NC(C)=O)C(=O)NCCCCC(N)C(=O)O. The normalized spacial score (nSPS) is 12.8.